The van der Waals surface area contributed by atoms with Gasteiger partial charge in [-0.2, -0.15) is 0 Å². The number of nitrogen functional groups attached to an aromatic ring is 1. The monoisotopic (exact) mass is 219 g/mol. The van der Waals surface area contributed by atoms with Crippen LogP contribution >= 0.6 is 0 Å². The highest BCUT2D eigenvalue weighted by Gasteiger charge is 2.13. The molecule has 0 radical (unpaired) electrons. The molecule has 0 bridgehead atoms. The van der Waals surface area contributed by atoms with Gasteiger partial charge < -0.3 is 14.9 Å². The highest BCUT2D eigenvalue weighted by molar-refractivity contribution is 5.67. The lowest BCUT2D eigenvalue weighted by molar-refractivity contribution is 0.527. The van der Waals surface area contributed by atoms with Crippen molar-refractivity contribution in [1.29, 1.82) is 0 Å². The summed E-state index contributed by atoms with van der Waals surface area (Å²) >= 11 is 0. The lowest BCUT2D eigenvalue weighted by Gasteiger charge is -2.08. The van der Waals surface area contributed by atoms with Gasteiger partial charge in [0.1, 0.15) is 11.5 Å². The number of imidazole rings is 2. The van der Waals surface area contributed by atoms with E-state index >= 15 is 0 Å². The topological polar surface area (TPSA) is 61.7 Å². The molecule has 0 saturated heterocycles. The number of aromatic nitrogens is 4. The van der Waals surface area contributed by atoms with Gasteiger partial charge in [-0.1, -0.05) is 13.8 Å². The van der Waals surface area contributed by atoms with Crippen LogP contribution in [0.5, 0.6) is 0 Å². The summed E-state index contributed by atoms with van der Waals surface area (Å²) in [6.07, 6.45) is 5.31. The SMILES string of the molecule is CC(C)Cn1cnc(-c2cncn2C)c1N. The molecule has 5 heteroatoms. The zero-order valence-corrected chi connectivity index (χ0v) is 9.88. The predicted octanol–water partition coefficient (Wildman–Crippen LogP) is 1.52. The molecule has 0 saturated carbocycles. The maximum Gasteiger partial charge on any atom is 0.133 e. The van der Waals surface area contributed by atoms with Crippen molar-refractivity contribution in [2.45, 2.75) is 20.4 Å². The van der Waals surface area contributed by atoms with Crippen LogP contribution in [0.1, 0.15) is 13.8 Å². The maximum absolute atomic E-state index is 6.07. The number of aryl methyl sites for hydroxylation is 1. The second kappa shape index (κ2) is 4.00. The second-order valence-corrected chi connectivity index (χ2v) is 4.41. The fraction of sp³-hybridized carbons (Fsp3) is 0.455. The number of hydrogen-bond donors (Lipinski definition) is 1. The second-order valence-electron chi connectivity index (χ2n) is 4.41. The maximum atomic E-state index is 6.07. The molecule has 2 N–H and O–H groups in total. The van der Waals surface area contributed by atoms with E-state index in [9.17, 15) is 0 Å². The van der Waals surface area contributed by atoms with Crippen LogP contribution in [0.2, 0.25) is 0 Å². The van der Waals surface area contributed by atoms with E-state index in [-0.39, 0.29) is 0 Å². The van der Waals surface area contributed by atoms with Gasteiger partial charge in [0.25, 0.3) is 0 Å². The summed E-state index contributed by atoms with van der Waals surface area (Å²) in [7, 11) is 1.93. The molecule has 0 atom stereocenters. The van der Waals surface area contributed by atoms with E-state index < -0.39 is 0 Å². The van der Waals surface area contributed by atoms with Gasteiger partial charge in [-0.25, -0.2) is 9.97 Å². The predicted molar refractivity (Wildman–Crippen MR) is 63.7 cm³/mol. The van der Waals surface area contributed by atoms with Crippen LogP contribution < -0.4 is 5.73 Å². The molecule has 16 heavy (non-hydrogen) atoms. The third-order valence-electron chi connectivity index (χ3n) is 2.50. The first-order valence-electron chi connectivity index (χ1n) is 5.37. The largest absolute Gasteiger partial charge is 0.383 e. The van der Waals surface area contributed by atoms with Crippen molar-refractivity contribution in [3.63, 3.8) is 0 Å². The van der Waals surface area contributed by atoms with Gasteiger partial charge in [-0.15, -0.1) is 0 Å². The summed E-state index contributed by atoms with van der Waals surface area (Å²) in [5, 5.41) is 0. The first-order valence-corrected chi connectivity index (χ1v) is 5.37. The summed E-state index contributed by atoms with van der Waals surface area (Å²) in [6, 6.07) is 0. The van der Waals surface area contributed by atoms with Crippen molar-refractivity contribution in [3.05, 3.63) is 18.9 Å². The Balaban J connectivity index is 2.37. The van der Waals surface area contributed by atoms with E-state index in [1.807, 2.05) is 16.2 Å². The molecular formula is C11H17N5. The molecular weight excluding hydrogens is 202 g/mol. The summed E-state index contributed by atoms with van der Waals surface area (Å²) in [6.45, 7) is 5.20. The molecule has 0 aliphatic heterocycles. The van der Waals surface area contributed by atoms with E-state index in [1.54, 1.807) is 18.9 Å². The van der Waals surface area contributed by atoms with E-state index in [1.165, 1.54) is 0 Å². The average Bonchev–Trinajstić information content (AvgIpc) is 2.75. The Labute approximate surface area is 94.9 Å². The highest BCUT2D eigenvalue weighted by atomic mass is 15.1. The normalized spacial score (nSPS) is 11.2. The van der Waals surface area contributed by atoms with Gasteiger partial charge in [-0.05, 0) is 5.92 Å². The first-order chi connectivity index (χ1) is 7.59. The smallest absolute Gasteiger partial charge is 0.133 e. The summed E-state index contributed by atoms with van der Waals surface area (Å²) < 4.78 is 3.89. The van der Waals surface area contributed by atoms with Crippen molar-refractivity contribution in [1.82, 2.24) is 19.1 Å². The molecule has 0 aromatic carbocycles. The molecule has 86 valence electrons. The number of rotatable bonds is 3. The van der Waals surface area contributed by atoms with E-state index in [0.29, 0.717) is 11.7 Å². The van der Waals surface area contributed by atoms with Gasteiger partial charge in [-0.3, -0.25) is 0 Å². The third-order valence-corrected chi connectivity index (χ3v) is 2.50. The van der Waals surface area contributed by atoms with Crippen molar-refractivity contribution >= 4 is 5.82 Å². The minimum Gasteiger partial charge on any atom is -0.383 e. The van der Waals surface area contributed by atoms with Crippen LogP contribution in [-0.2, 0) is 13.6 Å². The Hall–Kier alpha value is -1.78. The molecule has 2 aromatic heterocycles. The molecule has 0 spiro atoms. The molecule has 0 aliphatic carbocycles. The first kappa shape index (κ1) is 10.7. The number of hydrogen-bond acceptors (Lipinski definition) is 3. The Morgan fingerprint density at radius 1 is 1.38 bits per heavy atom. The zero-order valence-electron chi connectivity index (χ0n) is 9.88. The molecule has 0 aliphatic rings. The van der Waals surface area contributed by atoms with Crippen LogP contribution in [0, 0.1) is 5.92 Å². The Kier molecular flexibility index (Phi) is 2.68. The lowest BCUT2D eigenvalue weighted by atomic mass is 10.2. The molecule has 2 heterocycles. The van der Waals surface area contributed by atoms with Crippen molar-refractivity contribution in [3.8, 4) is 11.4 Å². The van der Waals surface area contributed by atoms with Crippen LogP contribution in [0.4, 0.5) is 5.82 Å². The minimum absolute atomic E-state index is 0.552. The standard InChI is InChI=1S/C11H17N5/c1-8(2)5-16-7-14-10(11(16)12)9-4-13-6-15(9)3/h4,6-8H,5,12H2,1-3H3. The van der Waals surface area contributed by atoms with Gasteiger partial charge >= 0.3 is 0 Å². The number of anilines is 1. The fourth-order valence-corrected chi connectivity index (χ4v) is 1.71. The van der Waals surface area contributed by atoms with Gasteiger partial charge in [0.2, 0.25) is 0 Å². The van der Waals surface area contributed by atoms with Crippen LogP contribution in [0.3, 0.4) is 0 Å². The number of nitrogens with zero attached hydrogens (tertiary/aromatic N) is 4. The zero-order chi connectivity index (χ0) is 11.7. The van der Waals surface area contributed by atoms with Crippen LogP contribution in [0.15, 0.2) is 18.9 Å². The fourth-order valence-electron chi connectivity index (χ4n) is 1.71. The summed E-state index contributed by atoms with van der Waals surface area (Å²) in [4.78, 5) is 8.42. The van der Waals surface area contributed by atoms with Gasteiger partial charge in [0.15, 0.2) is 0 Å². The van der Waals surface area contributed by atoms with Crippen molar-refractivity contribution in [2.24, 2.45) is 13.0 Å². The van der Waals surface area contributed by atoms with Crippen LogP contribution in [0.25, 0.3) is 11.4 Å². The molecule has 5 nitrogen and oxygen atoms in total. The molecule has 0 fully saturated rings. The Morgan fingerprint density at radius 3 is 2.69 bits per heavy atom. The van der Waals surface area contributed by atoms with Crippen LogP contribution in [-0.4, -0.2) is 19.1 Å². The summed E-state index contributed by atoms with van der Waals surface area (Å²) in [5.74, 6) is 1.26. The quantitative estimate of drug-likeness (QED) is 0.851. The molecule has 0 amide bonds. The Morgan fingerprint density at radius 2 is 2.12 bits per heavy atom. The van der Waals surface area contributed by atoms with Crippen molar-refractivity contribution < 1.29 is 0 Å². The lowest BCUT2D eigenvalue weighted by Crippen LogP contribution is -2.07. The summed E-state index contributed by atoms with van der Waals surface area (Å²) in [5.41, 5.74) is 7.82. The van der Waals surface area contributed by atoms with E-state index in [0.717, 1.165) is 17.9 Å². The molecule has 2 aromatic rings. The van der Waals surface area contributed by atoms with Gasteiger partial charge in [0, 0.05) is 13.6 Å². The van der Waals surface area contributed by atoms with E-state index in [2.05, 4.69) is 23.8 Å². The number of nitrogens with two attached hydrogens (primary N) is 1. The van der Waals surface area contributed by atoms with E-state index in [4.69, 9.17) is 5.73 Å². The average molecular weight is 219 g/mol. The third kappa shape index (κ3) is 1.80. The van der Waals surface area contributed by atoms with Crippen molar-refractivity contribution in [2.75, 3.05) is 5.73 Å². The highest BCUT2D eigenvalue weighted by Crippen LogP contribution is 2.23. The molecule has 0 unspecified atom stereocenters. The van der Waals surface area contributed by atoms with Gasteiger partial charge in [0.05, 0.1) is 24.5 Å². The minimum atomic E-state index is 0.552. The molecule has 2 rings (SSSR count). The Bertz CT molecular complexity index is 480.